The predicted octanol–water partition coefficient (Wildman–Crippen LogP) is 1.79. The number of aromatic nitrogens is 2. The first-order valence-electron chi connectivity index (χ1n) is 4.65. The maximum absolute atomic E-state index is 5.37. The van der Waals surface area contributed by atoms with E-state index in [0.717, 1.165) is 11.4 Å². The van der Waals surface area contributed by atoms with Crippen molar-refractivity contribution in [2.75, 3.05) is 0 Å². The Hall–Kier alpha value is -1.10. The number of hydrogen-bond acceptors (Lipinski definition) is 3. The number of nitrogens with one attached hydrogen (secondary N) is 1. The molecule has 0 aromatic carbocycles. The molecule has 0 saturated carbocycles. The van der Waals surface area contributed by atoms with E-state index < -0.39 is 0 Å². The average molecular weight is 211 g/mol. The summed E-state index contributed by atoms with van der Waals surface area (Å²) in [6.45, 7) is 6.18. The number of rotatable bonds is 1. The van der Waals surface area contributed by atoms with Crippen LogP contribution in [0.5, 0.6) is 5.75 Å². The maximum atomic E-state index is 5.37. The van der Waals surface area contributed by atoms with E-state index in [4.69, 9.17) is 17.0 Å². The first-order valence-corrected chi connectivity index (χ1v) is 5.06. The Morgan fingerprint density at radius 1 is 1.64 bits per heavy atom. The molecule has 2 heterocycles. The van der Waals surface area contributed by atoms with Gasteiger partial charge in [-0.15, -0.1) is 0 Å². The summed E-state index contributed by atoms with van der Waals surface area (Å²) in [5.41, 5.74) is 0.923. The topological polar surface area (TPSA) is 39.1 Å². The van der Waals surface area contributed by atoms with E-state index in [-0.39, 0.29) is 6.04 Å². The van der Waals surface area contributed by atoms with Crippen molar-refractivity contribution in [1.29, 1.82) is 0 Å². The molecule has 1 aliphatic heterocycles. The number of ether oxygens (including phenoxy) is 1. The third-order valence-corrected chi connectivity index (χ3v) is 2.40. The molecule has 0 saturated heterocycles. The molecule has 0 spiro atoms. The van der Waals surface area contributed by atoms with Crippen LogP contribution in [0.4, 0.5) is 0 Å². The fourth-order valence-corrected chi connectivity index (χ4v) is 1.67. The minimum atomic E-state index is 0.131. The molecule has 1 aromatic heterocycles. The minimum absolute atomic E-state index is 0.131. The first kappa shape index (κ1) is 9.45. The van der Waals surface area contributed by atoms with Crippen molar-refractivity contribution in [3.63, 3.8) is 0 Å². The van der Waals surface area contributed by atoms with Gasteiger partial charge in [0, 0.05) is 6.04 Å². The Morgan fingerprint density at radius 2 is 2.36 bits per heavy atom. The van der Waals surface area contributed by atoms with Crippen LogP contribution in [0.15, 0.2) is 6.20 Å². The van der Waals surface area contributed by atoms with Crippen molar-refractivity contribution in [3.8, 4) is 5.75 Å². The molecule has 1 aliphatic rings. The predicted molar refractivity (Wildman–Crippen MR) is 57.4 cm³/mol. The van der Waals surface area contributed by atoms with E-state index in [1.807, 2.05) is 17.8 Å². The van der Waals surface area contributed by atoms with Crippen LogP contribution in [0.3, 0.4) is 0 Å². The highest BCUT2D eigenvalue weighted by Crippen LogP contribution is 2.28. The molecule has 14 heavy (non-hydrogen) atoms. The van der Waals surface area contributed by atoms with Gasteiger partial charge in [0.2, 0.25) is 0 Å². The third kappa shape index (κ3) is 1.48. The molecule has 1 N–H and O–H groups in total. The lowest BCUT2D eigenvalue weighted by molar-refractivity contribution is 0.462. The molecule has 0 aliphatic carbocycles. The van der Waals surface area contributed by atoms with Gasteiger partial charge in [-0.05, 0) is 33.0 Å². The van der Waals surface area contributed by atoms with Crippen molar-refractivity contribution in [3.05, 3.63) is 11.9 Å². The molecule has 1 atom stereocenters. The quantitative estimate of drug-likeness (QED) is 0.719. The van der Waals surface area contributed by atoms with E-state index in [1.165, 1.54) is 0 Å². The van der Waals surface area contributed by atoms with Crippen LogP contribution in [0.2, 0.25) is 0 Å². The molecule has 1 unspecified atom stereocenters. The van der Waals surface area contributed by atoms with E-state index in [2.05, 4.69) is 24.3 Å². The van der Waals surface area contributed by atoms with Crippen molar-refractivity contribution >= 4 is 17.4 Å². The molecule has 0 amide bonds. The fraction of sp³-hybridized carbons (Fsp3) is 0.556. The third-order valence-electron chi connectivity index (χ3n) is 2.20. The largest absolute Gasteiger partial charge is 0.428 e. The molecule has 0 radical (unpaired) electrons. The molecule has 76 valence electrons. The summed E-state index contributed by atoms with van der Waals surface area (Å²) in [6, 6.07) is 0.469. The number of hydrogen-bond donors (Lipinski definition) is 1. The Kier molecular flexibility index (Phi) is 2.19. The Balaban J connectivity index is 2.40. The number of fused-ring (bicyclic) bond motifs is 1. The second kappa shape index (κ2) is 3.24. The van der Waals surface area contributed by atoms with Gasteiger partial charge in [0.1, 0.15) is 5.69 Å². The van der Waals surface area contributed by atoms with Gasteiger partial charge < -0.3 is 10.1 Å². The van der Waals surface area contributed by atoms with Crippen molar-refractivity contribution in [1.82, 2.24) is 15.1 Å². The lowest BCUT2D eigenvalue weighted by Gasteiger charge is -2.20. The average Bonchev–Trinajstić information content (AvgIpc) is 2.47. The molecule has 1 aromatic rings. The lowest BCUT2D eigenvalue weighted by atomic mass is 10.2. The lowest BCUT2D eigenvalue weighted by Crippen LogP contribution is -2.33. The van der Waals surface area contributed by atoms with Crippen LogP contribution < -0.4 is 10.1 Å². The summed E-state index contributed by atoms with van der Waals surface area (Å²) < 4.78 is 7.26. The van der Waals surface area contributed by atoms with Crippen LogP contribution in [0, 0.1) is 0 Å². The number of thiocarbonyl (C=S) groups is 1. The SMILES string of the molecule is CC1NC(=S)Oc2cn(C(C)C)nc21. The summed E-state index contributed by atoms with van der Waals surface area (Å²) in [6.07, 6.45) is 1.89. The van der Waals surface area contributed by atoms with Gasteiger partial charge in [0.05, 0.1) is 12.2 Å². The van der Waals surface area contributed by atoms with E-state index in [0.29, 0.717) is 11.2 Å². The highest BCUT2D eigenvalue weighted by Gasteiger charge is 2.24. The van der Waals surface area contributed by atoms with Crippen LogP contribution >= 0.6 is 12.2 Å². The fourth-order valence-electron chi connectivity index (χ4n) is 1.41. The van der Waals surface area contributed by atoms with Gasteiger partial charge >= 0.3 is 0 Å². The van der Waals surface area contributed by atoms with Gasteiger partial charge in [-0.1, -0.05) is 0 Å². The monoisotopic (exact) mass is 211 g/mol. The van der Waals surface area contributed by atoms with Gasteiger partial charge in [0.15, 0.2) is 5.75 Å². The van der Waals surface area contributed by atoms with Gasteiger partial charge in [-0.2, -0.15) is 5.10 Å². The second-order valence-corrected chi connectivity index (χ2v) is 4.08. The van der Waals surface area contributed by atoms with Crippen LogP contribution in [-0.4, -0.2) is 15.0 Å². The second-order valence-electron chi connectivity index (χ2n) is 3.71. The first-order chi connectivity index (χ1) is 6.58. The summed E-state index contributed by atoms with van der Waals surface area (Å²) >= 11 is 4.96. The van der Waals surface area contributed by atoms with E-state index >= 15 is 0 Å². The van der Waals surface area contributed by atoms with Crippen LogP contribution in [0.1, 0.15) is 38.5 Å². The minimum Gasteiger partial charge on any atom is -0.428 e. The smallest absolute Gasteiger partial charge is 0.262 e. The zero-order valence-corrected chi connectivity index (χ0v) is 9.26. The molecule has 0 bridgehead atoms. The molecule has 5 heteroatoms. The Morgan fingerprint density at radius 3 is 3.00 bits per heavy atom. The van der Waals surface area contributed by atoms with Gasteiger partial charge in [-0.3, -0.25) is 4.68 Å². The van der Waals surface area contributed by atoms with Gasteiger partial charge in [0.25, 0.3) is 5.17 Å². The summed E-state index contributed by atoms with van der Waals surface area (Å²) in [7, 11) is 0. The van der Waals surface area contributed by atoms with E-state index in [1.54, 1.807) is 0 Å². The van der Waals surface area contributed by atoms with Gasteiger partial charge in [-0.25, -0.2) is 0 Å². The molecule has 4 nitrogen and oxygen atoms in total. The van der Waals surface area contributed by atoms with E-state index in [9.17, 15) is 0 Å². The Bertz CT molecular complexity index is 372. The standard InChI is InChI=1S/C9H13N3OS/c1-5(2)12-4-7-8(11-12)6(3)10-9(14)13-7/h4-6H,1-3H3,(H,10,14). The number of nitrogens with zero attached hydrogens (tertiary/aromatic N) is 2. The van der Waals surface area contributed by atoms with Crippen molar-refractivity contribution in [2.24, 2.45) is 0 Å². The maximum Gasteiger partial charge on any atom is 0.262 e. The van der Waals surface area contributed by atoms with Crippen molar-refractivity contribution in [2.45, 2.75) is 32.9 Å². The molecule has 0 fully saturated rings. The zero-order valence-electron chi connectivity index (χ0n) is 8.44. The summed E-state index contributed by atoms with van der Waals surface area (Å²) in [4.78, 5) is 0. The van der Waals surface area contributed by atoms with Crippen LogP contribution in [0.25, 0.3) is 0 Å². The van der Waals surface area contributed by atoms with Crippen molar-refractivity contribution < 1.29 is 4.74 Å². The highest BCUT2D eigenvalue weighted by molar-refractivity contribution is 7.80. The Labute approximate surface area is 88.2 Å². The highest BCUT2D eigenvalue weighted by atomic mass is 32.1. The molecule has 2 rings (SSSR count). The molecular weight excluding hydrogens is 198 g/mol. The normalized spacial score (nSPS) is 20.3. The summed E-state index contributed by atoms with van der Waals surface area (Å²) in [5, 5.41) is 7.88. The van der Waals surface area contributed by atoms with Crippen LogP contribution in [-0.2, 0) is 0 Å². The zero-order chi connectivity index (χ0) is 10.3. The summed E-state index contributed by atoms with van der Waals surface area (Å²) in [5.74, 6) is 0.773. The molecular formula is C9H13N3OS.